The molecule has 138 valence electrons. The van der Waals surface area contributed by atoms with Gasteiger partial charge in [-0.1, -0.05) is 0 Å². The molecule has 0 unspecified atom stereocenters. The van der Waals surface area contributed by atoms with E-state index in [2.05, 4.69) is 10.1 Å². The van der Waals surface area contributed by atoms with Gasteiger partial charge in [-0.05, 0) is 31.2 Å². The molecular formula is C17H13FN4O5. The van der Waals surface area contributed by atoms with E-state index in [4.69, 9.17) is 9.47 Å². The Bertz CT molecular complexity index is 990. The minimum absolute atomic E-state index is 0.0768. The minimum Gasteiger partial charge on any atom is -0.461 e. The molecule has 3 rings (SSSR count). The minimum atomic E-state index is -0.786. The zero-order chi connectivity index (χ0) is 19.4. The third kappa shape index (κ3) is 3.89. The molecule has 0 saturated carbocycles. The smallest absolute Gasteiger partial charge is 0.362 e. The van der Waals surface area contributed by atoms with Crippen LogP contribution in [0.1, 0.15) is 17.4 Å². The van der Waals surface area contributed by atoms with Crippen LogP contribution >= 0.6 is 0 Å². The molecule has 9 nitrogen and oxygen atoms in total. The van der Waals surface area contributed by atoms with E-state index in [9.17, 15) is 19.3 Å². The molecule has 0 spiro atoms. The number of carbonyl (C=O) groups excluding carboxylic acids is 1. The normalized spacial score (nSPS) is 10.4. The lowest BCUT2D eigenvalue weighted by Gasteiger charge is -2.06. The summed E-state index contributed by atoms with van der Waals surface area (Å²) in [7, 11) is 0. The quantitative estimate of drug-likeness (QED) is 0.371. The number of hydrogen-bond donors (Lipinski definition) is 0. The molecule has 1 aromatic carbocycles. The number of hydrogen-bond acceptors (Lipinski definition) is 7. The molecule has 0 aliphatic rings. The molecule has 0 aliphatic heterocycles. The number of ether oxygens (including phenoxy) is 2. The van der Waals surface area contributed by atoms with E-state index < -0.39 is 22.4 Å². The van der Waals surface area contributed by atoms with E-state index in [0.29, 0.717) is 5.69 Å². The van der Waals surface area contributed by atoms with Gasteiger partial charge in [0.1, 0.15) is 5.82 Å². The fraction of sp³-hybridized carbons (Fsp3) is 0.118. The molecule has 27 heavy (non-hydrogen) atoms. The van der Waals surface area contributed by atoms with Crippen LogP contribution in [0.15, 0.2) is 48.9 Å². The second-order valence-electron chi connectivity index (χ2n) is 5.19. The molecule has 0 atom stereocenters. The van der Waals surface area contributed by atoms with E-state index in [1.807, 2.05) is 0 Å². The van der Waals surface area contributed by atoms with Crippen LogP contribution in [0.4, 0.5) is 10.1 Å². The van der Waals surface area contributed by atoms with Crippen molar-refractivity contribution >= 4 is 11.7 Å². The molecule has 2 heterocycles. The van der Waals surface area contributed by atoms with E-state index >= 15 is 0 Å². The molecule has 0 N–H and O–H groups in total. The van der Waals surface area contributed by atoms with Gasteiger partial charge in [0, 0.05) is 6.20 Å². The number of aromatic nitrogens is 3. The number of benzene rings is 1. The average molecular weight is 372 g/mol. The summed E-state index contributed by atoms with van der Waals surface area (Å²) < 4.78 is 25.1. The van der Waals surface area contributed by atoms with Crippen molar-refractivity contribution in [1.82, 2.24) is 14.8 Å². The highest BCUT2D eigenvalue weighted by molar-refractivity contribution is 5.90. The van der Waals surface area contributed by atoms with Crippen molar-refractivity contribution in [1.29, 1.82) is 0 Å². The largest absolute Gasteiger partial charge is 0.461 e. The zero-order valence-electron chi connectivity index (χ0n) is 14.0. The Balaban J connectivity index is 2.05. The summed E-state index contributed by atoms with van der Waals surface area (Å²) in [6, 6.07) is 6.21. The number of esters is 1. The van der Waals surface area contributed by atoms with Gasteiger partial charge >= 0.3 is 11.7 Å². The van der Waals surface area contributed by atoms with Gasteiger partial charge in [-0.15, -0.1) is 0 Å². The first-order valence-corrected chi connectivity index (χ1v) is 7.78. The number of pyridine rings is 1. The molecule has 2 aromatic heterocycles. The van der Waals surface area contributed by atoms with Crippen LogP contribution in [0.2, 0.25) is 0 Å². The van der Waals surface area contributed by atoms with Crippen LogP contribution in [0.3, 0.4) is 0 Å². The zero-order valence-corrected chi connectivity index (χ0v) is 14.0. The van der Waals surface area contributed by atoms with E-state index in [-0.39, 0.29) is 23.8 Å². The number of carbonyl (C=O) groups is 1. The van der Waals surface area contributed by atoms with Crippen molar-refractivity contribution in [3.05, 3.63) is 70.5 Å². The monoisotopic (exact) mass is 372 g/mol. The Hall–Kier alpha value is -3.82. The molecule has 0 fully saturated rings. The predicted octanol–water partition coefficient (Wildman–Crippen LogP) is 3.28. The second-order valence-corrected chi connectivity index (χ2v) is 5.19. The van der Waals surface area contributed by atoms with Gasteiger partial charge in [-0.25, -0.2) is 13.9 Å². The Kier molecular flexibility index (Phi) is 5.06. The van der Waals surface area contributed by atoms with Crippen molar-refractivity contribution in [2.75, 3.05) is 6.61 Å². The summed E-state index contributed by atoms with van der Waals surface area (Å²) in [5, 5.41) is 15.3. The summed E-state index contributed by atoms with van der Waals surface area (Å²) in [5.41, 5.74) is -0.232. The number of nitro benzene ring substituents is 1. The maximum absolute atomic E-state index is 13.3. The van der Waals surface area contributed by atoms with Crippen molar-refractivity contribution in [3.63, 3.8) is 0 Å². The fourth-order valence-corrected chi connectivity index (χ4v) is 2.23. The van der Waals surface area contributed by atoms with Crippen molar-refractivity contribution in [3.8, 4) is 17.2 Å². The van der Waals surface area contributed by atoms with E-state index in [0.717, 1.165) is 18.2 Å². The molecule has 0 radical (unpaired) electrons. The van der Waals surface area contributed by atoms with Gasteiger partial charge in [0.05, 0.1) is 35.7 Å². The van der Waals surface area contributed by atoms with Gasteiger partial charge in [-0.2, -0.15) is 5.10 Å². The summed E-state index contributed by atoms with van der Waals surface area (Å²) in [6.07, 6.45) is 4.43. The summed E-state index contributed by atoms with van der Waals surface area (Å²) in [6.45, 7) is 1.73. The highest BCUT2D eigenvalue weighted by Crippen LogP contribution is 2.33. The highest BCUT2D eigenvalue weighted by atomic mass is 19.1. The van der Waals surface area contributed by atoms with Crippen LogP contribution in [0.5, 0.6) is 11.5 Å². The number of halogens is 1. The standard InChI is InChI=1S/C17H13FN4O5/c1-2-26-17(23)16-15(10-21(20-16)12-4-3-7-19-9-12)27-14-6-5-11(18)8-13(14)22(24)25/h3-10H,2H2,1H3. The van der Waals surface area contributed by atoms with Gasteiger partial charge in [0.15, 0.2) is 5.75 Å². The maximum Gasteiger partial charge on any atom is 0.362 e. The molecule has 0 saturated heterocycles. The van der Waals surface area contributed by atoms with Crippen LogP contribution < -0.4 is 4.74 Å². The first kappa shape index (κ1) is 18.0. The Labute approximate surface area is 152 Å². The van der Waals surface area contributed by atoms with Gasteiger partial charge in [-0.3, -0.25) is 15.1 Å². The topological polar surface area (TPSA) is 109 Å². The van der Waals surface area contributed by atoms with Crippen LogP contribution in [-0.2, 0) is 4.74 Å². The highest BCUT2D eigenvalue weighted by Gasteiger charge is 2.24. The van der Waals surface area contributed by atoms with Crippen LogP contribution in [0.25, 0.3) is 5.69 Å². The maximum atomic E-state index is 13.3. The molecule has 10 heteroatoms. The van der Waals surface area contributed by atoms with Gasteiger partial charge in [0.2, 0.25) is 11.4 Å². The second kappa shape index (κ2) is 7.60. The van der Waals surface area contributed by atoms with Crippen LogP contribution in [-0.4, -0.2) is 32.3 Å². The summed E-state index contributed by atoms with van der Waals surface area (Å²) >= 11 is 0. The molecule has 0 amide bonds. The van der Waals surface area contributed by atoms with Gasteiger partial charge in [0.25, 0.3) is 0 Å². The Morgan fingerprint density at radius 3 is 2.81 bits per heavy atom. The third-order valence-corrected chi connectivity index (χ3v) is 3.40. The molecule has 3 aromatic rings. The molecule has 0 aliphatic carbocycles. The number of rotatable bonds is 6. The van der Waals surface area contributed by atoms with Crippen molar-refractivity contribution in [2.45, 2.75) is 6.92 Å². The Morgan fingerprint density at radius 1 is 1.33 bits per heavy atom. The average Bonchev–Trinajstić information content (AvgIpc) is 3.08. The van der Waals surface area contributed by atoms with Crippen molar-refractivity contribution in [2.24, 2.45) is 0 Å². The van der Waals surface area contributed by atoms with E-state index in [1.54, 1.807) is 25.3 Å². The van der Waals surface area contributed by atoms with Crippen molar-refractivity contribution < 1.29 is 23.6 Å². The number of nitro groups is 1. The first-order chi connectivity index (χ1) is 13.0. The lowest BCUT2D eigenvalue weighted by molar-refractivity contribution is -0.385. The number of nitrogens with zero attached hydrogens (tertiary/aromatic N) is 4. The Morgan fingerprint density at radius 2 is 2.15 bits per heavy atom. The van der Waals surface area contributed by atoms with Gasteiger partial charge < -0.3 is 9.47 Å². The predicted molar refractivity (Wildman–Crippen MR) is 90.4 cm³/mol. The lowest BCUT2D eigenvalue weighted by atomic mass is 10.3. The van der Waals surface area contributed by atoms with E-state index in [1.165, 1.54) is 17.1 Å². The molecular weight excluding hydrogens is 359 g/mol. The molecule has 0 bridgehead atoms. The van der Waals surface area contributed by atoms with Crippen LogP contribution in [0, 0.1) is 15.9 Å². The fourth-order valence-electron chi connectivity index (χ4n) is 2.23. The third-order valence-electron chi connectivity index (χ3n) is 3.40. The lowest BCUT2D eigenvalue weighted by Crippen LogP contribution is -2.08. The SMILES string of the molecule is CCOC(=O)c1nn(-c2cccnc2)cc1Oc1ccc(F)cc1[N+](=O)[O-]. The first-order valence-electron chi connectivity index (χ1n) is 7.78. The summed E-state index contributed by atoms with van der Waals surface area (Å²) in [4.78, 5) is 26.5. The summed E-state index contributed by atoms with van der Waals surface area (Å²) in [5.74, 6) is -1.87.